The number of hydrogen-bond acceptors (Lipinski definition) is 4. The zero-order valence-electron chi connectivity index (χ0n) is 11.8. The molecule has 3 rings (SSSR count). The van der Waals surface area contributed by atoms with Crippen molar-refractivity contribution in [3.05, 3.63) is 50.7 Å². The normalized spacial score (nSPS) is 18.7. The van der Waals surface area contributed by atoms with Gasteiger partial charge in [-0.25, -0.2) is 8.42 Å². The lowest BCUT2D eigenvalue weighted by molar-refractivity contribution is 0.329. The van der Waals surface area contributed by atoms with Crippen LogP contribution >= 0.6 is 22.9 Å². The van der Waals surface area contributed by atoms with Crippen molar-refractivity contribution in [3.8, 4) is 6.07 Å². The fourth-order valence-corrected chi connectivity index (χ4v) is 5.46. The van der Waals surface area contributed by atoms with Crippen molar-refractivity contribution in [1.29, 1.82) is 5.26 Å². The second kappa shape index (κ2) is 5.67. The van der Waals surface area contributed by atoms with Crippen molar-refractivity contribution >= 4 is 33.0 Å². The third kappa shape index (κ3) is 2.44. The summed E-state index contributed by atoms with van der Waals surface area (Å²) in [6.07, 6.45) is 0.718. The highest BCUT2D eigenvalue weighted by atomic mass is 35.5. The van der Waals surface area contributed by atoms with Gasteiger partial charge in [-0.15, -0.1) is 11.3 Å². The molecular formula is C15H13ClN2O2S2. The molecule has 1 aromatic heterocycles. The molecule has 1 aliphatic rings. The first-order valence-electron chi connectivity index (χ1n) is 6.73. The summed E-state index contributed by atoms with van der Waals surface area (Å²) in [6, 6.07) is 7.94. The van der Waals surface area contributed by atoms with Crippen molar-refractivity contribution in [3.63, 3.8) is 0 Å². The van der Waals surface area contributed by atoms with E-state index in [0.717, 1.165) is 12.0 Å². The Morgan fingerprint density at radius 1 is 1.41 bits per heavy atom. The Kier molecular flexibility index (Phi) is 4.00. The van der Waals surface area contributed by atoms with Crippen LogP contribution in [0.2, 0.25) is 5.02 Å². The average Bonchev–Trinajstić information content (AvgIpc) is 2.97. The fourth-order valence-electron chi connectivity index (χ4n) is 2.70. The molecule has 22 heavy (non-hydrogen) atoms. The maximum absolute atomic E-state index is 12.9. The lowest BCUT2D eigenvalue weighted by atomic mass is 10.0. The first-order valence-corrected chi connectivity index (χ1v) is 9.42. The highest BCUT2D eigenvalue weighted by Crippen LogP contribution is 2.36. The monoisotopic (exact) mass is 352 g/mol. The number of thiophene rings is 1. The third-order valence-corrected chi connectivity index (χ3v) is 7.18. The molecule has 0 amide bonds. The Hall–Kier alpha value is -1.39. The van der Waals surface area contributed by atoms with Crippen molar-refractivity contribution in [2.75, 3.05) is 6.54 Å². The van der Waals surface area contributed by atoms with Crippen molar-refractivity contribution in [1.82, 2.24) is 4.31 Å². The van der Waals surface area contributed by atoms with Crippen LogP contribution in [0.1, 0.15) is 29.0 Å². The molecule has 0 fully saturated rings. The molecule has 2 heterocycles. The van der Waals surface area contributed by atoms with Gasteiger partial charge in [0.15, 0.2) is 0 Å². The van der Waals surface area contributed by atoms with Crippen LogP contribution in [0.4, 0.5) is 0 Å². The number of fused-ring (bicyclic) bond motifs is 1. The first-order chi connectivity index (χ1) is 10.4. The summed E-state index contributed by atoms with van der Waals surface area (Å²) in [6.45, 7) is 2.34. The number of halogens is 1. The predicted octanol–water partition coefficient (Wildman–Crippen LogP) is 3.58. The summed E-state index contributed by atoms with van der Waals surface area (Å²) in [5.74, 6) is 0. The standard InChI is InChI=1S/C15H13ClN2O2S2/c1-10-13-5-7-21-15(13)4-6-18(10)22(19,20)12-2-3-14(16)11(8-12)9-17/h2-3,5,7-8,10H,4,6H2,1H3. The SMILES string of the molecule is CC1c2ccsc2CCN1S(=O)(=O)c1ccc(Cl)c(C#N)c1. The van der Waals surface area contributed by atoms with E-state index in [1.807, 2.05) is 24.4 Å². The highest BCUT2D eigenvalue weighted by Gasteiger charge is 2.34. The summed E-state index contributed by atoms with van der Waals surface area (Å²) >= 11 is 7.55. The maximum atomic E-state index is 12.9. The average molecular weight is 353 g/mol. The van der Waals surface area contributed by atoms with E-state index in [1.54, 1.807) is 11.3 Å². The second-order valence-corrected chi connectivity index (χ2v) is 8.39. The first kappa shape index (κ1) is 15.5. The predicted molar refractivity (Wildman–Crippen MR) is 86.5 cm³/mol. The molecule has 1 aliphatic heterocycles. The van der Waals surface area contributed by atoms with Gasteiger partial charge >= 0.3 is 0 Å². The van der Waals surface area contributed by atoms with Gasteiger partial charge in [-0.1, -0.05) is 11.6 Å². The number of rotatable bonds is 2. The van der Waals surface area contributed by atoms with Crippen LogP contribution in [-0.4, -0.2) is 19.3 Å². The number of benzene rings is 1. The van der Waals surface area contributed by atoms with Gasteiger partial charge < -0.3 is 0 Å². The molecule has 1 unspecified atom stereocenters. The summed E-state index contributed by atoms with van der Waals surface area (Å²) in [5, 5.41) is 11.3. The molecule has 0 saturated carbocycles. The van der Waals surface area contributed by atoms with Gasteiger partial charge in [0.05, 0.1) is 15.5 Å². The lowest BCUT2D eigenvalue weighted by Gasteiger charge is -2.32. The molecule has 1 atom stereocenters. The van der Waals surface area contributed by atoms with Gasteiger partial charge in [-0.2, -0.15) is 9.57 Å². The van der Waals surface area contributed by atoms with Crippen LogP contribution in [-0.2, 0) is 16.4 Å². The summed E-state index contributed by atoms with van der Waals surface area (Å²) in [7, 11) is -3.65. The van der Waals surface area contributed by atoms with E-state index < -0.39 is 10.0 Å². The topological polar surface area (TPSA) is 61.2 Å². The number of nitrogens with zero attached hydrogens (tertiary/aromatic N) is 2. The van der Waals surface area contributed by atoms with E-state index >= 15 is 0 Å². The van der Waals surface area contributed by atoms with E-state index in [0.29, 0.717) is 6.54 Å². The molecule has 4 nitrogen and oxygen atoms in total. The minimum Gasteiger partial charge on any atom is -0.207 e. The van der Waals surface area contributed by atoms with Crippen LogP contribution in [0.15, 0.2) is 34.5 Å². The Morgan fingerprint density at radius 3 is 2.91 bits per heavy atom. The molecule has 0 saturated heterocycles. The second-order valence-electron chi connectivity index (χ2n) is 5.09. The van der Waals surface area contributed by atoms with Crippen LogP contribution in [0.25, 0.3) is 0 Å². The zero-order chi connectivity index (χ0) is 15.9. The van der Waals surface area contributed by atoms with E-state index in [4.69, 9.17) is 16.9 Å². The van der Waals surface area contributed by atoms with Gasteiger partial charge in [0.25, 0.3) is 0 Å². The van der Waals surface area contributed by atoms with Gasteiger partial charge in [0.1, 0.15) is 6.07 Å². The fraction of sp³-hybridized carbons (Fsp3) is 0.267. The Morgan fingerprint density at radius 2 is 2.18 bits per heavy atom. The van der Waals surface area contributed by atoms with Gasteiger partial charge in [0.2, 0.25) is 10.0 Å². The molecule has 0 radical (unpaired) electrons. The largest absolute Gasteiger partial charge is 0.243 e. The van der Waals surface area contributed by atoms with E-state index in [1.165, 1.54) is 27.4 Å². The minimum absolute atomic E-state index is 0.110. The molecule has 0 spiro atoms. The van der Waals surface area contributed by atoms with E-state index in [9.17, 15) is 8.42 Å². The van der Waals surface area contributed by atoms with Gasteiger partial charge in [-0.05, 0) is 48.6 Å². The van der Waals surface area contributed by atoms with E-state index in [2.05, 4.69) is 0 Å². The van der Waals surface area contributed by atoms with Crippen LogP contribution < -0.4 is 0 Å². The minimum atomic E-state index is -3.65. The molecule has 1 aromatic carbocycles. The molecule has 0 N–H and O–H groups in total. The zero-order valence-corrected chi connectivity index (χ0v) is 14.2. The molecule has 0 aliphatic carbocycles. The smallest absolute Gasteiger partial charge is 0.207 e. The summed E-state index contributed by atoms with van der Waals surface area (Å²) < 4.78 is 27.3. The maximum Gasteiger partial charge on any atom is 0.243 e. The molecule has 2 aromatic rings. The molecule has 0 bridgehead atoms. The Bertz CT molecular complexity index is 868. The third-order valence-electron chi connectivity index (χ3n) is 3.89. The van der Waals surface area contributed by atoms with Crippen molar-refractivity contribution in [2.45, 2.75) is 24.3 Å². The van der Waals surface area contributed by atoms with E-state index in [-0.39, 0.29) is 21.5 Å². The molecule has 7 heteroatoms. The molecular weight excluding hydrogens is 340 g/mol. The van der Waals surface area contributed by atoms with Crippen LogP contribution in [0.3, 0.4) is 0 Å². The summed E-state index contributed by atoms with van der Waals surface area (Å²) in [5.41, 5.74) is 1.23. The van der Waals surface area contributed by atoms with Crippen LogP contribution in [0, 0.1) is 11.3 Å². The molecule has 114 valence electrons. The number of sulfonamides is 1. The Balaban J connectivity index is 2.03. The quantitative estimate of drug-likeness (QED) is 0.829. The Labute approximate surface area is 138 Å². The highest BCUT2D eigenvalue weighted by molar-refractivity contribution is 7.89. The summed E-state index contributed by atoms with van der Waals surface area (Å²) in [4.78, 5) is 1.35. The van der Waals surface area contributed by atoms with Gasteiger partial charge in [-0.3, -0.25) is 0 Å². The van der Waals surface area contributed by atoms with Crippen molar-refractivity contribution < 1.29 is 8.42 Å². The number of hydrogen-bond donors (Lipinski definition) is 0. The number of nitriles is 1. The van der Waals surface area contributed by atoms with Crippen LogP contribution in [0.5, 0.6) is 0 Å². The van der Waals surface area contributed by atoms with Crippen molar-refractivity contribution in [2.24, 2.45) is 0 Å². The van der Waals surface area contributed by atoms with Gasteiger partial charge in [0, 0.05) is 17.5 Å². The lowest BCUT2D eigenvalue weighted by Crippen LogP contribution is -2.38.